The minimum atomic E-state index is -0.312. The maximum Gasteiger partial charge on any atom is 0.292 e. The highest BCUT2D eigenvalue weighted by molar-refractivity contribution is 6.01. The van der Waals surface area contributed by atoms with Crippen LogP contribution < -0.4 is 10.6 Å². The summed E-state index contributed by atoms with van der Waals surface area (Å²) in [5.41, 5.74) is 0.904. The molecule has 6 nitrogen and oxygen atoms in total. The van der Waals surface area contributed by atoms with Crippen LogP contribution in [0.2, 0.25) is 0 Å². The lowest BCUT2D eigenvalue weighted by Gasteiger charge is -2.11. The number of amides is 1. The summed E-state index contributed by atoms with van der Waals surface area (Å²) < 4.78 is 10.6. The summed E-state index contributed by atoms with van der Waals surface area (Å²) >= 11 is 0. The van der Waals surface area contributed by atoms with E-state index in [2.05, 4.69) is 15.6 Å². The molecule has 110 valence electrons. The van der Waals surface area contributed by atoms with Gasteiger partial charge < -0.3 is 19.8 Å². The molecular formula is C15H17N3O3. The minimum absolute atomic E-state index is 0.261. The van der Waals surface area contributed by atoms with Gasteiger partial charge in [0.05, 0.1) is 24.3 Å². The molecule has 1 unspecified atom stereocenters. The Labute approximate surface area is 122 Å². The van der Waals surface area contributed by atoms with Crippen molar-refractivity contribution in [1.29, 1.82) is 0 Å². The zero-order chi connectivity index (χ0) is 14.5. The fraction of sp³-hybridized carbons (Fsp3) is 0.333. The van der Waals surface area contributed by atoms with Crippen molar-refractivity contribution in [3.63, 3.8) is 0 Å². The molecule has 0 aliphatic carbocycles. The Morgan fingerprint density at radius 1 is 1.38 bits per heavy atom. The highest BCUT2D eigenvalue weighted by atomic mass is 16.5. The van der Waals surface area contributed by atoms with Gasteiger partial charge in [-0.25, -0.2) is 4.98 Å². The van der Waals surface area contributed by atoms with Gasteiger partial charge in [0.15, 0.2) is 5.76 Å². The predicted octanol–water partition coefficient (Wildman–Crippen LogP) is 2.52. The predicted molar refractivity (Wildman–Crippen MR) is 78.4 cm³/mol. The summed E-state index contributed by atoms with van der Waals surface area (Å²) in [4.78, 5) is 16.0. The number of rotatable bonds is 5. The van der Waals surface area contributed by atoms with Gasteiger partial charge in [-0.05, 0) is 37.1 Å². The molecule has 6 heteroatoms. The third-order valence-corrected chi connectivity index (χ3v) is 3.31. The van der Waals surface area contributed by atoms with E-state index in [1.165, 1.54) is 6.26 Å². The summed E-state index contributed by atoms with van der Waals surface area (Å²) in [6.45, 7) is 1.63. The molecule has 0 radical (unpaired) electrons. The van der Waals surface area contributed by atoms with Crippen LogP contribution in [0.4, 0.5) is 11.5 Å². The van der Waals surface area contributed by atoms with E-state index in [0.29, 0.717) is 5.82 Å². The summed E-state index contributed by atoms with van der Waals surface area (Å²) in [5.74, 6) is 0.434. The Hall–Kier alpha value is -2.34. The van der Waals surface area contributed by atoms with Crippen molar-refractivity contribution in [3.8, 4) is 0 Å². The van der Waals surface area contributed by atoms with Gasteiger partial charge in [0.1, 0.15) is 5.82 Å². The Bertz CT molecular complexity index is 575. The first-order chi connectivity index (χ1) is 10.3. The molecule has 0 saturated carbocycles. The van der Waals surface area contributed by atoms with Crippen LogP contribution in [-0.4, -0.2) is 30.1 Å². The Morgan fingerprint density at radius 2 is 2.33 bits per heavy atom. The molecule has 3 heterocycles. The summed E-state index contributed by atoms with van der Waals surface area (Å²) in [6.07, 6.45) is 5.65. The number of carbonyl (C=O) groups excluding carboxylic acids is 1. The number of aromatic nitrogens is 1. The lowest BCUT2D eigenvalue weighted by atomic mass is 10.2. The molecule has 1 aliphatic rings. The van der Waals surface area contributed by atoms with Crippen LogP contribution in [-0.2, 0) is 4.74 Å². The van der Waals surface area contributed by atoms with Crippen molar-refractivity contribution in [1.82, 2.24) is 4.98 Å². The number of nitrogens with zero attached hydrogens (tertiary/aromatic N) is 1. The lowest BCUT2D eigenvalue weighted by molar-refractivity contribution is 0.0996. The monoisotopic (exact) mass is 287 g/mol. The van der Waals surface area contributed by atoms with Crippen molar-refractivity contribution in [2.45, 2.75) is 18.9 Å². The van der Waals surface area contributed by atoms with E-state index in [4.69, 9.17) is 9.15 Å². The molecule has 2 N–H and O–H groups in total. The van der Waals surface area contributed by atoms with Crippen molar-refractivity contribution in [2.24, 2.45) is 0 Å². The second kappa shape index (κ2) is 6.41. The van der Waals surface area contributed by atoms with Gasteiger partial charge >= 0.3 is 0 Å². The average Bonchev–Trinajstić information content (AvgIpc) is 3.20. The molecular weight excluding hydrogens is 270 g/mol. The number of ether oxygens (including phenoxy) is 1. The number of nitrogens with one attached hydrogen (secondary N) is 2. The van der Waals surface area contributed by atoms with Gasteiger partial charge in [0, 0.05) is 13.2 Å². The SMILES string of the molecule is O=C(Nc1ccc(NCC2CCCO2)cn1)c1ccco1. The quantitative estimate of drug-likeness (QED) is 0.883. The van der Waals surface area contributed by atoms with E-state index in [-0.39, 0.29) is 17.8 Å². The highest BCUT2D eigenvalue weighted by Crippen LogP contribution is 2.15. The first-order valence-corrected chi connectivity index (χ1v) is 6.97. The lowest BCUT2D eigenvalue weighted by Crippen LogP contribution is -2.18. The fourth-order valence-electron chi connectivity index (χ4n) is 2.20. The Kier molecular flexibility index (Phi) is 4.16. The molecule has 0 aromatic carbocycles. The Morgan fingerprint density at radius 3 is 3.00 bits per heavy atom. The zero-order valence-corrected chi connectivity index (χ0v) is 11.5. The molecule has 3 rings (SSSR count). The number of carbonyl (C=O) groups is 1. The van der Waals surface area contributed by atoms with Gasteiger partial charge in [-0.15, -0.1) is 0 Å². The summed E-state index contributed by atoms with van der Waals surface area (Å²) in [7, 11) is 0. The van der Waals surface area contributed by atoms with Gasteiger partial charge in [-0.3, -0.25) is 4.79 Å². The fourth-order valence-corrected chi connectivity index (χ4v) is 2.20. The third kappa shape index (κ3) is 3.61. The van der Waals surface area contributed by atoms with Crippen molar-refractivity contribution < 1.29 is 13.9 Å². The van der Waals surface area contributed by atoms with Crippen LogP contribution in [0.15, 0.2) is 41.1 Å². The molecule has 21 heavy (non-hydrogen) atoms. The van der Waals surface area contributed by atoms with Crippen LogP contribution in [0.3, 0.4) is 0 Å². The van der Waals surface area contributed by atoms with Crippen molar-refractivity contribution in [3.05, 3.63) is 42.5 Å². The highest BCUT2D eigenvalue weighted by Gasteiger charge is 2.15. The van der Waals surface area contributed by atoms with Gasteiger partial charge in [-0.2, -0.15) is 0 Å². The third-order valence-electron chi connectivity index (χ3n) is 3.31. The molecule has 1 amide bonds. The van der Waals surface area contributed by atoms with E-state index in [0.717, 1.165) is 31.7 Å². The maximum atomic E-state index is 11.8. The van der Waals surface area contributed by atoms with Gasteiger partial charge in [0.25, 0.3) is 5.91 Å². The van der Waals surface area contributed by atoms with Gasteiger partial charge in [0.2, 0.25) is 0 Å². The maximum absolute atomic E-state index is 11.8. The van der Waals surface area contributed by atoms with Crippen LogP contribution in [0.1, 0.15) is 23.4 Å². The zero-order valence-electron chi connectivity index (χ0n) is 11.5. The summed E-state index contributed by atoms with van der Waals surface area (Å²) in [6, 6.07) is 6.89. The standard InChI is InChI=1S/C15H17N3O3/c19-15(13-4-2-8-21-13)18-14-6-5-11(9-17-14)16-10-12-3-1-7-20-12/h2,4-6,8-9,12,16H,1,3,7,10H2,(H,17,18,19). The van der Waals surface area contributed by atoms with Crippen molar-refractivity contribution >= 4 is 17.4 Å². The smallest absolute Gasteiger partial charge is 0.292 e. The number of furan rings is 1. The largest absolute Gasteiger partial charge is 0.459 e. The van der Waals surface area contributed by atoms with Crippen LogP contribution >= 0.6 is 0 Å². The average molecular weight is 287 g/mol. The van der Waals surface area contributed by atoms with E-state index >= 15 is 0 Å². The molecule has 2 aromatic heterocycles. The molecule has 1 fully saturated rings. The van der Waals surface area contributed by atoms with E-state index in [9.17, 15) is 4.79 Å². The first kappa shape index (κ1) is 13.6. The number of pyridine rings is 1. The molecule has 2 aromatic rings. The number of anilines is 2. The second-order valence-corrected chi connectivity index (χ2v) is 4.88. The number of hydrogen-bond acceptors (Lipinski definition) is 5. The topological polar surface area (TPSA) is 76.4 Å². The molecule has 1 atom stereocenters. The molecule has 1 aliphatic heterocycles. The first-order valence-electron chi connectivity index (χ1n) is 6.97. The molecule has 0 bridgehead atoms. The summed E-state index contributed by atoms with van der Waals surface area (Å²) in [5, 5.41) is 5.95. The van der Waals surface area contributed by atoms with Crippen molar-refractivity contribution in [2.75, 3.05) is 23.8 Å². The normalized spacial score (nSPS) is 17.6. The van der Waals surface area contributed by atoms with E-state index in [1.54, 1.807) is 24.4 Å². The molecule has 0 spiro atoms. The van der Waals surface area contributed by atoms with E-state index < -0.39 is 0 Å². The van der Waals surface area contributed by atoms with E-state index in [1.807, 2.05) is 6.07 Å². The molecule has 1 saturated heterocycles. The van der Waals surface area contributed by atoms with Crippen LogP contribution in [0.5, 0.6) is 0 Å². The van der Waals surface area contributed by atoms with Crippen LogP contribution in [0, 0.1) is 0 Å². The van der Waals surface area contributed by atoms with Gasteiger partial charge in [-0.1, -0.05) is 0 Å². The van der Waals surface area contributed by atoms with Crippen LogP contribution in [0.25, 0.3) is 0 Å². The Balaban J connectivity index is 1.52. The number of hydrogen-bond donors (Lipinski definition) is 2. The second-order valence-electron chi connectivity index (χ2n) is 4.88. The minimum Gasteiger partial charge on any atom is -0.459 e.